The average molecular weight is 294 g/mol. The minimum atomic E-state index is 0.478. The van der Waals surface area contributed by atoms with E-state index in [-0.39, 0.29) is 0 Å². The highest BCUT2D eigenvalue weighted by molar-refractivity contribution is 6.33. The number of nitrogens with one attached hydrogen (secondary N) is 1. The molecular weight excluding hydrogens is 270 g/mol. The molecule has 0 unspecified atom stereocenters. The minimum Gasteiger partial charge on any atom is -0.352 e. The topological polar surface area (TPSA) is 28.2 Å². The summed E-state index contributed by atoms with van der Waals surface area (Å²) in [5.74, 6) is 1.87. The predicted octanol–water partition coefficient (Wildman–Crippen LogP) is 3.61. The van der Waals surface area contributed by atoms with E-state index in [0.717, 1.165) is 35.4 Å². The van der Waals surface area contributed by atoms with Crippen LogP contribution < -0.4 is 10.2 Å². The van der Waals surface area contributed by atoms with Gasteiger partial charge < -0.3 is 10.2 Å². The van der Waals surface area contributed by atoms with Crippen LogP contribution in [0.4, 0.5) is 5.82 Å². The molecular formula is C16H24ClN3. The third-order valence-electron chi connectivity index (χ3n) is 4.00. The molecule has 0 atom stereocenters. The van der Waals surface area contributed by atoms with Crippen molar-refractivity contribution in [1.29, 1.82) is 0 Å². The summed E-state index contributed by atoms with van der Waals surface area (Å²) in [5.41, 5.74) is 1.16. The highest BCUT2D eigenvalue weighted by Crippen LogP contribution is 2.39. The molecule has 2 saturated carbocycles. The Morgan fingerprint density at radius 1 is 1.35 bits per heavy atom. The number of hydrogen-bond acceptors (Lipinski definition) is 3. The maximum absolute atomic E-state index is 6.48. The van der Waals surface area contributed by atoms with Gasteiger partial charge in [-0.05, 0) is 43.2 Å². The first-order valence-corrected chi connectivity index (χ1v) is 8.15. The SMILES string of the molecule is CC(C)NCc1cnc(N(CC2CC2)C2CC2)c(Cl)c1. The highest BCUT2D eigenvalue weighted by Gasteiger charge is 2.35. The normalized spacial score (nSPS) is 18.6. The van der Waals surface area contributed by atoms with Gasteiger partial charge in [0.2, 0.25) is 0 Å². The quantitative estimate of drug-likeness (QED) is 0.832. The Morgan fingerprint density at radius 2 is 2.10 bits per heavy atom. The van der Waals surface area contributed by atoms with Crippen molar-refractivity contribution in [3.8, 4) is 0 Å². The third-order valence-corrected chi connectivity index (χ3v) is 4.28. The molecule has 4 heteroatoms. The Bertz CT molecular complexity index is 467. The van der Waals surface area contributed by atoms with Crippen LogP contribution in [0.2, 0.25) is 5.02 Å². The molecule has 0 aromatic carbocycles. The fraction of sp³-hybridized carbons (Fsp3) is 0.688. The zero-order chi connectivity index (χ0) is 14.1. The van der Waals surface area contributed by atoms with Crippen molar-refractivity contribution in [2.24, 2.45) is 5.92 Å². The van der Waals surface area contributed by atoms with E-state index in [9.17, 15) is 0 Å². The molecule has 3 nitrogen and oxygen atoms in total. The van der Waals surface area contributed by atoms with Crippen LogP contribution in [0.3, 0.4) is 0 Å². The van der Waals surface area contributed by atoms with Crippen LogP contribution in [-0.4, -0.2) is 23.6 Å². The van der Waals surface area contributed by atoms with E-state index in [1.165, 1.54) is 25.7 Å². The summed E-state index contributed by atoms with van der Waals surface area (Å²) in [5, 5.41) is 4.21. The minimum absolute atomic E-state index is 0.478. The van der Waals surface area contributed by atoms with Crippen molar-refractivity contribution in [1.82, 2.24) is 10.3 Å². The zero-order valence-corrected chi connectivity index (χ0v) is 13.2. The molecule has 2 aliphatic rings. The van der Waals surface area contributed by atoms with Crippen LogP contribution >= 0.6 is 11.6 Å². The van der Waals surface area contributed by atoms with E-state index < -0.39 is 0 Å². The largest absolute Gasteiger partial charge is 0.352 e. The molecule has 1 aromatic rings. The van der Waals surface area contributed by atoms with Crippen LogP contribution in [0.15, 0.2) is 12.3 Å². The van der Waals surface area contributed by atoms with Gasteiger partial charge in [-0.15, -0.1) is 0 Å². The van der Waals surface area contributed by atoms with Gasteiger partial charge in [0.1, 0.15) is 5.82 Å². The second-order valence-electron chi connectivity index (χ2n) is 6.51. The number of rotatable bonds is 7. The average Bonchev–Trinajstić information content (AvgIpc) is 3.26. The van der Waals surface area contributed by atoms with Gasteiger partial charge in [0.05, 0.1) is 5.02 Å². The van der Waals surface area contributed by atoms with E-state index in [4.69, 9.17) is 11.6 Å². The van der Waals surface area contributed by atoms with Crippen molar-refractivity contribution in [2.45, 2.75) is 58.2 Å². The fourth-order valence-electron chi connectivity index (χ4n) is 2.47. The van der Waals surface area contributed by atoms with Gasteiger partial charge in [0.15, 0.2) is 0 Å². The molecule has 1 N–H and O–H groups in total. The summed E-state index contributed by atoms with van der Waals surface area (Å²) in [7, 11) is 0. The highest BCUT2D eigenvalue weighted by atomic mass is 35.5. The number of pyridine rings is 1. The van der Waals surface area contributed by atoms with Gasteiger partial charge in [0, 0.05) is 31.4 Å². The lowest BCUT2D eigenvalue weighted by atomic mass is 10.2. The monoisotopic (exact) mass is 293 g/mol. The number of nitrogens with zero attached hydrogens (tertiary/aromatic N) is 2. The van der Waals surface area contributed by atoms with Crippen LogP contribution in [0.1, 0.15) is 45.1 Å². The van der Waals surface area contributed by atoms with Crippen LogP contribution in [0.25, 0.3) is 0 Å². The molecule has 0 aliphatic heterocycles. The Balaban J connectivity index is 1.71. The van der Waals surface area contributed by atoms with E-state index >= 15 is 0 Å². The van der Waals surface area contributed by atoms with Gasteiger partial charge in [-0.2, -0.15) is 0 Å². The molecule has 1 aromatic heterocycles. The Kier molecular flexibility index (Phi) is 4.18. The summed E-state index contributed by atoms with van der Waals surface area (Å²) in [4.78, 5) is 7.10. The van der Waals surface area contributed by atoms with Crippen LogP contribution in [0.5, 0.6) is 0 Å². The fourth-order valence-corrected chi connectivity index (χ4v) is 2.77. The first kappa shape index (κ1) is 14.2. The summed E-state index contributed by atoms with van der Waals surface area (Å²) >= 11 is 6.48. The number of halogens is 1. The number of hydrogen-bond donors (Lipinski definition) is 1. The molecule has 110 valence electrons. The van der Waals surface area contributed by atoms with Gasteiger partial charge in [-0.3, -0.25) is 0 Å². The lowest BCUT2D eigenvalue weighted by Crippen LogP contribution is -2.29. The van der Waals surface area contributed by atoms with Crippen LogP contribution in [0, 0.1) is 5.92 Å². The van der Waals surface area contributed by atoms with Crippen molar-refractivity contribution in [2.75, 3.05) is 11.4 Å². The molecule has 0 radical (unpaired) electrons. The summed E-state index contributed by atoms with van der Waals surface area (Å²) in [6.45, 7) is 6.26. The standard InChI is InChI=1S/C16H24ClN3/c1-11(2)18-8-13-7-15(17)16(19-9-13)20(14-5-6-14)10-12-3-4-12/h7,9,11-12,14,18H,3-6,8,10H2,1-2H3. The molecule has 0 amide bonds. The van der Waals surface area contributed by atoms with Crippen LogP contribution in [-0.2, 0) is 6.54 Å². The van der Waals surface area contributed by atoms with E-state index in [1.54, 1.807) is 0 Å². The Labute approximate surface area is 126 Å². The van der Waals surface area contributed by atoms with Crippen molar-refractivity contribution < 1.29 is 0 Å². The molecule has 2 aliphatic carbocycles. The molecule has 0 saturated heterocycles. The van der Waals surface area contributed by atoms with Crippen molar-refractivity contribution >= 4 is 17.4 Å². The van der Waals surface area contributed by atoms with Crippen molar-refractivity contribution in [3.63, 3.8) is 0 Å². The second kappa shape index (κ2) is 5.90. The molecule has 0 spiro atoms. The lowest BCUT2D eigenvalue weighted by Gasteiger charge is -2.24. The lowest BCUT2D eigenvalue weighted by molar-refractivity contribution is 0.587. The summed E-state index contributed by atoms with van der Waals surface area (Å²) < 4.78 is 0. The first-order valence-electron chi connectivity index (χ1n) is 7.78. The molecule has 0 bridgehead atoms. The zero-order valence-electron chi connectivity index (χ0n) is 12.4. The van der Waals surface area contributed by atoms with E-state index in [0.29, 0.717) is 12.1 Å². The molecule has 2 fully saturated rings. The first-order chi connectivity index (χ1) is 9.63. The Hall–Kier alpha value is -0.800. The molecule has 20 heavy (non-hydrogen) atoms. The molecule has 3 rings (SSSR count). The van der Waals surface area contributed by atoms with Gasteiger partial charge in [-0.1, -0.05) is 25.4 Å². The maximum atomic E-state index is 6.48. The second-order valence-corrected chi connectivity index (χ2v) is 6.92. The van der Waals surface area contributed by atoms with Gasteiger partial charge in [0.25, 0.3) is 0 Å². The van der Waals surface area contributed by atoms with E-state index in [2.05, 4.69) is 35.1 Å². The van der Waals surface area contributed by atoms with E-state index in [1.807, 2.05) is 6.20 Å². The third kappa shape index (κ3) is 3.64. The van der Waals surface area contributed by atoms with Crippen molar-refractivity contribution in [3.05, 3.63) is 22.8 Å². The summed E-state index contributed by atoms with van der Waals surface area (Å²) in [6, 6.07) is 3.23. The maximum Gasteiger partial charge on any atom is 0.147 e. The van der Waals surface area contributed by atoms with Gasteiger partial charge >= 0.3 is 0 Å². The van der Waals surface area contributed by atoms with Gasteiger partial charge in [-0.25, -0.2) is 4.98 Å². The smallest absolute Gasteiger partial charge is 0.147 e. The predicted molar refractivity (Wildman–Crippen MR) is 84.3 cm³/mol. The number of aromatic nitrogens is 1. The summed E-state index contributed by atoms with van der Waals surface area (Å²) in [6.07, 6.45) is 7.30. The number of anilines is 1. The molecule has 1 heterocycles. The Morgan fingerprint density at radius 3 is 2.65 bits per heavy atom.